The van der Waals surface area contributed by atoms with Gasteiger partial charge in [-0.1, -0.05) is 29.8 Å². The summed E-state index contributed by atoms with van der Waals surface area (Å²) in [6, 6.07) is 12.6. The fraction of sp³-hybridized carbons (Fsp3) is 0.188. The van der Waals surface area contributed by atoms with E-state index < -0.39 is 0 Å². The minimum Gasteiger partial charge on any atom is -0.383 e. The molecular weight excluding hydrogens is 266 g/mol. The number of aromatic nitrogens is 2. The van der Waals surface area contributed by atoms with E-state index in [0.29, 0.717) is 5.82 Å². The average Bonchev–Trinajstić information content (AvgIpc) is 2.97. The molecule has 0 aliphatic rings. The molecule has 0 radical (unpaired) electrons. The summed E-state index contributed by atoms with van der Waals surface area (Å²) in [5.74, 6) is 0.704. The minimum absolute atomic E-state index is 0.704. The van der Waals surface area contributed by atoms with Crippen LogP contribution in [0.3, 0.4) is 0 Å². The predicted octanol–water partition coefficient (Wildman–Crippen LogP) is 4.01. The number of thiophene rings is 1. The molecule has 2 N–H and O–H groups in total. The van der Waals surface area contributed by atoms with Crippen molar-refractivity contribution in [2.75, 3.05) is 5.73 Å². The van der Waals surface area contributed by atoms with Crippen LogP contribution in [0.25, 0.3) is 21.7 Å². The van der Waals surface area contributed by atoms with Gasteiger partial charge < -0.3 is 5.73 Å². The summed E-state index contributed by atoms with van der Waals surface area (Å²) in [4.78, 5) is 2.43. The van der Waals surface area contributed by atoms with Gasteiger partial charge in [0.15, 0.2) is 0 Å². The standard InChI is InChI=1S/C16H17N3S/c1-10-4-7-12(8-5-10)14-15(18-19(3)16(14)17)13-9-6-11(2)20-13/h4-9H,17H2,1-3H3. The van der Waals surface area contributed by atoms with Crippen LogP contribution in [0.2, 0.25) is 0 Å². The molecule has 0 atom stereocenters. The van der Waals surface area contributed by atoms with Gasteiger partial charge in [-0.3, -0.25) is 4.68 Å². The molecule has 0 saturated carbocycles. The molecule has 0 saturated heterocycles. The molecule has 3 aromatic rings. The van der Waals surface area contributed by atoms with Crippen LogP contribution in [0, 0.1) is 13.8 Å². The van der Waals surface area contributed by atoms with Crippen molar-refractivity contribution < 1.29 is 0 Å². The monoisotopic (exact) mass is 283 g/mol. The summed E-state index contributed by atoms with van der Waals surface area (Å²) in [5.41, 5.74) is 10.6. The van der Waals surface area contributed by atoms with Gasteiger partial charge in [0, 0.05) is 11.9 Å². The molecule has 4 heteroatoms. The molecule has 20 heavy (non-hydrogen) atoms. The number of nitrogens with two attached hydrogens (primary N) is 1. The van der Waals surface area contributed by atoms with Gasteiger partial charge in [-0.15, -0.1) is 11.3 Å². The number of benzene rings is 1. The number of anilines is 1. The largest absolute Gasteiger partial charge is 0.383 e. The second-order valence-corrected chi connectivity index (χ2v) is 6.30. The van der Waals surface area contributed by atoms with Crippen molar-refractivity contribution >= 4 is 17.2 Å². The quantitative estimate of drug-likeness (QED) is 0.772. The van der Waals surface area contributed by atoms with Crippen molar-refractivity contribution in [2.24, 2.45) is 7.05 Å². The summed E-state index contributed by atoms with van der Waals surface area (Å²) in [5, 5.41) is 4.59. The summed E-state index contributed by atoms with van der Waals surface area (Å²) in [6.45, 7) is 4.19. The first-order chi connectivity index (χ1) is 9.56. The molecule has 0 aliphatic carbocycles. The second kappa shape index (κ2) is 4.80. The van der Waals surface area contributed by atoms with Crippen LogP contribution in [0.1, 0.15) is 10.4 Å². The number of aryl methyl sites for hydroxylation is 3. The molecular formula is C16H17N3S. The highest BCUT2D eigenvalue weighted by atomic mass is 32.1. The Labute approximate surface area is 122 Å². The highest BCUT2D eigenvalue weighted by Crippen LogP contribution is 2.38. The summed E-state index contributed by atoms with van der Waals surface area (Å²) >= 11 is 1.74. The maximum Gasteiger partial charge on any atom is 0.129 e. The molecule has 2 aromatic heterocycles. The normalized spacial score (nSPS) is 10.9. The third kappa shape index (κ3) is 2.12. The van der Waals surface area contributed by atoms with Gasteiger partial charge in [0.1, 0.15) is 11.5 Å². The first-order valence-corrected chi connectivity index (χ1v) is 7.34. The number of nitrogen functional groups attached to an aromatic ring is 1. The van der Waals surface area contributed by atoms with E-state index >= 15 is 0 Å². The Morgan fingerprint density at radius 3 is 2.35 bits per heavy atom. The Kier molecular flexibility index (Phi) is 3.10. The first kappa shape index (κ1) is 12.9. The van der Waals surface area contributed by atoms with Crippen molar-refractivity contribution in [3.63, 3.8) is 0 Å². The van der Waals surface area contributed by atoms with Crippen molar-refractivity contribution in [1.82, 2.24) is 9.78 Å². The van der Waals surface area contributed by atoms with E-state index in [9.17, 15) is 0 Å². The minimum atomic E-state index is 0.704. The molecule has 0 bridgehead atoms. The number of hydrogen-bond donors (Lipinski definition) is 1. The van der Waals surface area contributed by atoms with Crippen molar-refractivity contribution in [1.29, 1.82) is 0 Å². The van der Waals surface area contributed by atoms with Crippen LogP contribution < -0.4 is 5.73 Å². The van der Waals surface area contributed by atoms with Gasteiger partial charge in [0.25, 0.3) is 0 Å². The summed E-state index contributed by atoms with van der Waals surface area (Å²) in [6.07, 6.45) is 0. The highest BCUT2D eigenvalue weighted by molar-refractivity contribution is 7.15. The Hall–Kier alpha value is -2.07. The van der Waals surface area contributed by atoms with Gasteiger partial charge in [-0.2, -0.15) is 5.10 Å². The van der Waals surface area contributed by atoms with Gasteiger partial charge >= 0.3 is 0 Å². The maximum absolute atomic E-state index is 6.22. The number of rotatable bonds is 2. The van der Waals surface area contributed by atoms with Crippen molar-refractivity contribution in [3.8, 4) is 21.7 Å². The van der Waals surface area contributed by atoms with Gasteiger partial charge in [-0.05, 0) is 31.5 Å². The first-order valence-electron chi connectivity index (χ1n) is 6.52. The number of nitrogens with zero attached hydrogens (tertiary/aromatic N) is 2. The zero-order valence-electron chi connectivity index (χ0n) is 11.8. The lowest BCUT2D eigenvalue weighted by Gasteiger charge is -2.03. The second-order valence-electron chi connectivity index (χ2n) is 5.01. The Balaban J connectivity index is 2.21. The SMILES string of the molecule is Cc1ccc(-c2c(-c3ccc(C)s3)nn(C)c2N)cc1. The molecule has 3 nitrogen and oxygen atoms in total. The lowest BCUT2D eigenvalue weighted by Crippen LogP contribution is -1.97. The lowest BCUT2D eigenvalue weighted by atomic mass is 10.0. The summed E-state index contributed by atoms with van der Waals surface area (Å²) in [7, 11) is 1.89. The maximum atomic E-state index is 6.22. The molecule has 0 aliphatic heterocycles. The van der Waals surface area contributed by atoms with Crippen LogP contribution in [0.5, 0.6) is 0 Å². The van der Waals surface area contributed by atoms with E-state index in [2.05, 4.69) is 55.3 Å². The molecule has 0 fully saturated rings. The average molecular weight is 283 g/mol. The van der Waals surface area contributed by atoms with E-state index in [0.717, 1.165) is 21.7 Å². The molecule has 0 unspecified atom stereocenters. The Morgan fingerprint density at radius 1 is 1.05 bits per heavy atom. The number of hydrogen-bond acceptors (Lipinski definition) is 3. The van der Waals surface area contributed by atoms with Crippen LogP contribution in [-0.2, 0) is 7.05 Å². The molecule has 2 heterocycles. The third-order valence-corrected chi connectivity index (χ3v) is 4.41. The van der Waals surface area contributed by atoms with E-state index in [1.54, 1.807) is 16.0 Å². The fourth-order valence-corrected chi connectivity index (χ4v) is 3.13. The van der Waals surface area contributed by atoms with Crippen LogP contribution in [0.15, 0.2) is 36.4 Å². The Bertz CT molecular complexity index is 751. The van der Waals surface area contributed by atoms with E-state index in [1.807, 2.05) is 7.05 Å². The summed E-state index contributed by atoms with van der Waals surface area (Å²) < 4.78 is 1.75. The van der Waals surface area contributed by atoms with Gasteiger partial charge in [-0.25, -0.2) is 0 Å². The molecule has 3 rings (SSSR count). The van der Waals surface area contributed by atoms with Crippen LogP contribution in [0.4, 0.5) is 5.82 Å². The zero-order valence-corrected chi connectivity index (χ0v) is 12.7. The molecule has 0 spiro atoms. The molecule has 0 amide bonds. The molecule has 102 valence electrons. The third-order valence-electron chi connectivity index (χ3n) is 3.41. The predicted molar refractivity (Wildman–Crippen MR) is 85.8 cm³/mol. The smallest absolute Gasteiger partial charge is 0.129 e. The van der Waals surface area contributed by atoms with E-state index in [1.165, 1.54) is 10.4 Å². The molecule has 1 aromatic carbocycles. The van der Waals surface area contributed by atoms with Crippen molar-refractivity contribution in [2.45, 2.75) is 13.8 Å². The van der Waals surface area contributed by atoms with E-state index in [-0.39, 0.29) is 0 Å². The van der Waals surface area contributed by atoms with Crippen LogP contribution >= 0.6 is 11.3 Å². The zero-order chi connectivity index (χ0) is 14.3. The topological polar surface area (TPSA) is 43.8 Å². The van der Waals surface area contributed by atoms with Crippen LogP contribution in [-0.4, -0.2) is 9.78 Å². The van der Waals surface area contributed by atoms with Gasteiger partial charge in [0.05, 0.1) is 10.4 Å². The lowest BCUT2D eigenvalue weighted by molar-refractivity contribution is 0.783. The van der Waals surface area contributed by atoms with Crippen molar-refractivity contribution in [3.05, 3.63) is 46.8 Å². The highest BCUT2D eigenvalue weighted by Gasteiger charge is 2.18. The Morgan fingerprint density at radius 2 is 1.75 bits per heavy atom. The van der Waals surface area contributed by atoms with E-state index in [4.69, 9.17) is 5.73 Å². The van der Waals surface area contributed by atoms with Gasteiger partial charge in [0.2, 0.25) is 0 Å². The fourth-order valence-electron chi connectivity index (χ4n) is 2.28.